The van der Waals surface area contributed by atoms with Crippen LogP contribution in [0.15, 0.2) is 46.9 Å². The van der Waals surface area contributed by atoms with Gasteiger partial charge in [-0.05, 0) is 40.7 Å². The maximum atomic E-state index is 13.8. The minimum atomic E-state index is -0.528. The summed E-state index contributed by atoms with van der Waals surface area (Å²) >= 11 is 3.08. The molecule has 0 aliphatic rings. The average Bonchev–Trinajstić information content (AvgIpc) is 2.40. The summed E-state index contributed by atoms with van der Waals surface area (Å²) in [4.78, 5) is 1.88. The molecule has 19 heavy (non-hydrogen) atoms. The third-order valence-electron chi connectivity index (χ3n) is 2.86. The van der Waals surface area contributed by atoms with Crippen molar-refractivity contribution < 1.29 is 8.78 Å². The lowest BCUT2D eigenvalue weighted by atomic mass is 10.1. The van der Waals surface area contributed by atoms with Crippen molar-refractivity contribution in [2.45, 2.75) is 13.1 Å². The van der Waals surface area contributed by atoms with Crippen LogP contribution in [0.2, 0.25) is 0 Å². The highest BCUT2D eigenvalue weighted by molar-refractivity contribution is 9.10. The Kier molecular flexibility index (Phi) is 4.66. The van der Waals surface area contributed by atoms with E-state index in [1.165, 1.54) is 12.1 Å². The van der Waals surface area contributed by atoms with Crippen molar-refractivity contribution >= 4 is 15.9 Å². The van der Waals surface area contributed by atoms with Crippen LogP contribution >= 0.6 is 15.9 Å². The maximum absolute atomic E-state index is 13.8. The van der Waals surface area contributed by atoms with Crippen molar-refractivity contribution in [1.29, 1.82) is 0 Å². The van der Waals surface area contributed by atoms with Gasteiger partial charge in [0.05, 0.1) is 4.47 Å². The second-order valence-corrected chi connectivity index (χ2v) is 5.33. The van der Waals surface area contributed by atoms with Crippen LogP contribution in [0.5, 0.6) is 0 Å². The first-order valence-corrected chi connectivity index (χ1v) is 6.72. The topological polar surface area (TPSA) is 3.24 Å². The smallest absolute Gasteiger partial charge is 0.144 e. The third kappa shape index (κ3) is 3.61. The minimum Gasteiger partial charge on any atom is -0.298 e. The summed E-state index contributed by atoms with van der Waals surface area (Å²) in [5.41, 5.74) is 1.20. The fraction of sp³-hybridized carbons (Fsp3) is 0.200. The van der Waals surface area contributed by atoms with E-state index in [-0.39, 0.29) is 16.6 Å². The fourth-order valence-corrected chi connectivity index (χ4v) is 2.31. The van der Waals surface area contributed by atoms with Gasteiger partial charge in [-0.1, -0.05) is 30.3 Å². The molecule has 0 unspecified atom stereocenters. The second kappa shape index (κ2) is 6.26. The van der Waals surface area contributed by atoms with Crippen molar-refractivity contribution in [1.82, 2.24) is 4.90 Å². The Morgan fingerprint density at radius 1 is 1.00 bits per heavy atom. The van der Waals surface area contributed by atoms with E-state index in [1.807, 2.05) is 42.3 Å². The van der Waals surface area contributed by atoms with Crippen molar-refractivity contribution in [3.8, 4) is 0 Å². The Morgan fingerprint density at radius 2 is 1.68 bits per heavy atom. The normalized spacial score (nSPS) is 11.0. The molecule has 0 aromatic heterocycles. The van der Waals surface area contributed by atoms with Crippen LogP contribution in [0.3, 0.4) is 0 Å². The molecule has 0 saturated heterocycles. The predicted molar refractivity (Wildman–Crippen MR) is 75.7 cm³/mol. The molecule has 0 radical (unpaired) electrons. The van der Waals surface area contributed by atoms with Gasteiger partial charge >= 0.3 is 0 Å². The van der Waals surface area contributed by atoms with Crippen molar-refractivity contribution in [2.75, 3.05) is 7.05 Å². The number of hydrogen-bond acceptors (Lipinski definition) is 1. The molecule has 0 spiro atoms. The van der Waals surface area contributed by atoms with Gasteiger partial charge in [0.15, 0.2) is 0 Å². The lowest BCUT2D eigenvalue weighted by Crippen LogP contribution is -2.19. The first-order valence-electron chi connectivity index (χ1n) is 5.93. The zero-order valence-electron chi connectivity index (χ0n) is 10.5. The highest BCUT2D eigenvalue weighted by Crippen LogP contribution is 2.23. The van der Waals surface area contributed by atoms with Gasteiger partial charge in [0.25, 0.3) is 0 Å². The van der Waals surface area contributed by atoms with Crippen molar-refractivity contribution in [3.63, 3.8) is 0 Å². The largest absolute Gasteiger partial charge is 0.298 e. The van der Waals surface area contributed by atoms with Crippen LogP contribution in [0.4, 0.5) is 8.78 Å². The lowest BCUT2D eigenvalue weighted by Gasteiger charge is -2.18. The number of benzene rings is 2. The molecule has 0 aliphatic heterocycles. The maximum Gasteiger partial charge on any atom is 0.144 e. The van der Waals surface area contributed by atoms with Gasteiger partial charge in [-0.3, -0.25) is 4.90 Å². The van der Waals surface area contributed by atoms with E-state index in [0.717, 1.165) is 5.56 Å². The third-order valence-corrected chi connectivity index (χ3v) is 3.47. The van der Waals surface area contributed by atoms with Gasteiger partial charge in [0.2, 0.25) is 0 Å². The van der Waals surface area contributed by atoms with Crippen LogP contribution in [-0.2, 0) is 13.1 Å². The molecule has 2 rings (SSSR count). The number of halogens is 3. The molecule has 0 bridgehead atoms. The summed E-state index contributed by atoms with van der Waals surface area (Å²) in [6, 6.07) is 12.5. The van der Waals surface area contributed by atoms with E-state index in [1.54, 1.807) is 0 Å². The van der Waals surface area contributed by atoms with E-state index in [0.29, 0.717) is 6.54 Å². The molecule has 100 valence electrons. The van der Waals surface area contributed by atoms with Crippen LogP contribution < -0.4 is 0 Å². The molecular formula is C15H14BrF2N. The SMILES string of the molecule is CN(Cc1ccccc1)Cc1c(F)ccc(Br)c1F. The quantitative estimate of drug-likeness (QED) is 0.755. The molecule has 0 fully saturated rings. The van der Waals surface area contributed by atoms with Crippen LogP contribution in [-0.4, -0.2) is 11.9 Å². The van der Waals surface area contributed by atoms with Gasteiger partial charge in [-0.15, -0.1) is 0 Å². The minimum absolute atomic E-state index is 0.0906. The summed E-state index contributed by atoms with van der Waals surface area (Å²) in [5, 5.41) is 0. The number of rotatable bonds is 4. The monoisotopic (exact) mass is 325 g/mol. The molecule has 0 saturated carbocycles. The molecule has 0 N–H and O–H groups in total. The summed E-state index contributed by atoms with van der Waals surface area (Å²) < 4.78 is 27.8. The standard InChI is InChI=1S/C15H14BrF2N/c1-19(9-11-5-3-2-4-6-11)10-12-14(17)8-7-13(16)15(12)18/h2-8H,9-10H2,1H3. The van der Waals surface area contributed by atoms with Gasteiger partial charge in [0.1, 0.15) is 11.6 Å². The second-order valence-electron chi connectivity index (χ2n) is 4.48. The van der Waals surface area contributed by atoms with Gasteiger partial charge < -0.3 is 0 Å². The summed E-state index contributed by atoms with van der Waals surface area (Å²) in [5.74, 6) is -1.04. The van der Waals surface area contributed by atoms with Gasteiger partial charge in [-0.2, -0.15) is 0 Å². The molecule has 2 aromatic carbocycles. The summed E-state index contributed by atoms with van der Waals surface area (Å²) in [6.07, 6.45) is 0. The number of hydrogen-bond donors (Lipinski definition) is 0. The Balaban J connectivity index is 2.11. The highest BCUT2D eigenvalue weighted by atomic mass is 79.9. The Bertz CT molecular complexity index is 558. The average molecular weight is 326 g/mol. The molecule has 0 aliphatic carbocycles. The zero-order chi connectivity index (χ0) is 13.8. The molecule has 2 aromatic rings. The van der Waals surface area contributed by atoms with E-state index in [4.69, 9.17) is 0 Å². The molecule has 0 heterocycles. The summed E-state index contributed by atoms with van der Waals surface area (Å²) in [7, 11) is 1.84. The van der Waals surface area contributed by atoms with E-state index >= 15 is 0 Å². The van der Waals surface area contributed by atoms with E-state index < -0.39 is 11.6 Å². The zero-order valence-corrected chi connectivity index (χ0v) is 12.1. The van der Waals surface area contributed by atoms with Crippen molar-refractivity contribution in [3.05, 3.63) is 69.7 Å². The molecule has 4 heteroatoms. The van der Waals surface area contributed by atoms with Crippen molar-refractivity contribution in [2.24, 2.45) is 0 Å². The molecule has 0 amide bonds. The van der Waals surface area contributed by atoms with Crippen LogP contribution in [0.25, 0.3) is 0 Å². The predicted octanol–water partition coefficient (Wildman–Crippen LogP) is 4.36. The highest BCUT2D eigenvalue weighted by Gasteiger charge is 2.14. The fourth-order valence-electron chi connectivity index (χ4n) is 1.93. The van der Waals surface area contributed by atoms with E-state index in [2.05, 4.69) is 15.9 Å². The molecular weight excluding hydrogens is 312 g/mol. The number of nitrogens with zero attached hydrogens (tertiary/aromatic N) is 1. The lowest BCUT2D eigenvalue weighted by molar-refractivity contribution is 0.307. The Hall–Kier alpha value is -1.26. The Morgan fingerprint density at radius 3 is 2.37 bits per heavy atom. The Labute approximate surface area is 120 Å². The van der Waals surface area contributed by atoms with E-state index in [9.17, 15) is 8.78 Å². The van der Waals surface area contributed by atoms with Crippen LogP contribution in [0, 0.1) is 11.6 Å². The van der Waals surface area contributed by atoms with Crippen LogP contribution in [0.1, 0.15) is 11.1 Å². The first kappa shape index (κ1) is 14.2. The molecule has 1 nitrogen and oxygen atoms in total. The van der Waals surface area contributed by atoms with Gasteiger partial charge in [0, 0.05) is 18.7 Å². The summed E-state index contributed by atoms with van der Waals surface area (Å²) in [6.45, 7) is 0.873. The molecule has 0 atom stereocenters. The van der Waals surface area contributed by atoms with Gasteiger partial charge in [-0.25, -0.2) is 8.78 Å². The first-order chi connectivity index (χ1) is 9.08.